The van der Waals surface area contributed by atoms with Crippen molar-refractivity contribution in [2.24, 2.45) is 0 Å². The summed E-state index contributed by atoms with van der Waals surface area (Å²) in [5.74, 6) is -1.17. The molecule has 0 aromatic carbocycles. The van der Waals surface area contributed by atoms with Crippen molar-refractivity contribution in [1.82, 2.24) is 10.6 Å². The van der Waals surface area contributed by atoms with Gasteiger partial charge in [0.15, 0.2) is 0 Å². The largest absolute Gasteiger partial charge is 0.463 e. The first-order chi connectivity index (χ1) is 9.52. The van der Waals surface area contributed by atoms with Gasteiger partial charge >= 0.3 is 11.9 Å². The monoisotopic (exact) mass is 280 g/mol. The number of rotatable bonds is 6. The second kappa shape index (κ2) is 7.78. The molecule has 108 valence electrons. The van der Waals surface area contributed by atoms with E-state index in [1.807, 2.05) is 0 Å². The Morgan fingerprint density at radius 3 is 2.55 bits per heavy atom. The second-order valence-electron chi connectivity index (χ2n) is 3.75. The Kier molecular flexibility index (Phi) is 6.02. The first-order valence-corrected chi connectivity index (χ1v) is 6.00. The summed E-state index contributed by atoms with van der Waals surface area (Å²) in [6.45, 7) is 5.46. The topological polar surface area (TPSA) is 93.7 Å². The third-order valence-corrected chi connectivity index (χ3v) is 2.23. The van der Waals surface area contributed by atoms with Gasteiger partial charge in [0.1, 0.15) is 5.82 Å². The van der Waals surface area contributed by atoms with Gasteiger partial charge in [0.05, 0.1) is 13.2 Å². The number of amides is 1. The van der Waals surface area contributed by atoms with Crippen LogP contribution in [0.2, 0.25) is 0 Å². The fraction of sp³-hybridized carbons (Fsp3) is 0.308. The molecule has 0 atom stereocenters. The van der Waals surface area contributed by atoms with Crippen LogP contribution in [0.1, 0.15) is 13.3 Å². The highest BCUT2D eigenvalue weighted by Crippen LogP contribution is 2.06. The third kappa shape index (κ3) is 5.38. The molecule has 0 fully saturated rings. The van der Waals surface area contributed by atoms with E-state index in [2.05, 4.69) is 21.9 Å². The Hall–Kier alpha value is -2.57. The predicted octanol–water partition coefficient (Wildman–Crippen LogP) is 0.113. The molecule has 7 nitrogen and oxygen atoms in total. The lowest BCUT2D eigenvalue weighted by molar-refractivity contribution is -0.140. The smallest absolute Gasteiger partial charge is 0.331 e. The van der Waals surface area contributed by atoms with E-state index in [-0.39, 0.29) is 25.5 Å². The van der Waals surface area contributed by atoms with Crippen LogP contribution in [-0.4, -0.2) is 31.1 Å². The number of carbonyl (C=O) groups is 3. The first kappa shape index (κ1) is 15.5. The summed E-state index contributed by atoms with van der Waals surface area (Å²) in [5.41, 5.74) is 0.444. The lowest BCUT2D eigenvalue weighted by Crippen LogP contribution is -2.35. The van der Waals surface area contributed by atoms with Crippen LogP contribution >= 0.6 is 0 Å². The van der Waals surface area contributed by atoms with Crippen LogP contribution in [0.25, 0.3) is 0 Å². The summed E-state index contributed by atoms with van der Waals surface area (Å²) in [6.07, 6.45) is 3.73. The van der Waals surface area contributed by atoms with Crippen molar-refractivity contribution in [3.63, 3.8) is 0 Å². The minimum Gasteiger partial charge on any atom is -0.463 e. The summed E-state index contributed by atoms with van der Waals surface area (Å²) >= 11 is 0. The molecule has 0 radical (unpaired) electrons. The van der Waals surface area contributed by atoms with E-state index in [9.17, 15) is 14.4 Å². The summed E-state index contributed by atoms with van der Waals surface area (Å²) in [4.78, 5) is 33.7. The van der Waals surface area contributed by atoms with Crippen molar-refractivity contribution in [3.05, 3.63) is 36.3 Å². The maximum atomic E-state index is 11.5. The van der Waals surface area contributed by atoms with Gasteiger partial charge in [-0.05, 0) is 6.92 Å². The van der Waals surface area contributed by atoms with Gasteiger partial charge in [-0.1, -0.05) is 6.58 Å². The molecule has 0 aliphatic carbocycles. The number of esters is 2. The SMILES string of the molecule is C=C1NC=C(CCOC(=O)/C=C/C(=O)OCC)C(=O)N1. The third-order valence-electron chi connectivity index (χ3n) is 2.23. The van der Waals surface area contributed by atoms with Gasteiger partial charge in [-0.3, -0.25) is 4.79 Å². The van der Waals surface area contributed by atoms with Crippen LogP contribution in [0.5, 0.6) is 0 Å². The van der Waals surface area contributed by atoms with Crippen molar-refractivity contribution in [2.45, 2.75) is 13.3 Å². The molecular weight excluding hydrogens is 264 g/mol. The lowest BCUT2D eigenvalue weighted by atomic mass is 10.2. The molecule has 7 heteroatoms. The van der Waals surface area contributed by atoms with E-state index in [1.54, 1.807) is 6.92 Å². The number of nitrogens with one attached hydrogen (secondary N) is 2. The highest BCUT2D eigenvalue weighted by atomic mass is 16.5. The molecule has 0 aromatic rings. The fourth-order valence-electron chi connectivity index (χ4n) is 1.32. The van der Waals surface area contributed by atoms with Crippen molar-refractivity contribution in [1.29, 1.82) is 0 Å². The molecule has 2 N–H and O–H groups in total. The van der Waals surface area contributed by atoms with Crippen LogP contribution in [0, 0.1) is 0 Å². The van der Waals surface area contributed by atoms with E-state index < -0.39 is 11.9 Å². The normalized spacial score (nSPS) is 14.3. The van der Waals surface area contributed by atoms with Crippen LogP contribution in [-0.2, 0) is 23.9 Å². The molecule has 20 heavy (non-hydrogen) atoms. The second-order valence-corrected chi connectivity index (χ2v) is 3.75. The van der Waals surface area contributed by atoms with Gasteiger partial charge in [-0.2, -0.15) is 0 Å². The van der Waals surface area contributed by atoms with Crippen LogP contribution in [0.3, 0.4) is 0 Å². The highest BCUT2D eigenvalue weighted by molar-refractivity contribution is 5.95. The molecule has 0 aromatic heterocycles. The Morgan fingerprint density at radius 2 is 1.95 bits per heavy atom. The van der Waals surface area contributed by atoms with Crippen molar-refractivity contribution < 1.29 is 23.9 Å². The molecule has 1 heterocycles. The number of hydrogen-bond acceptors (Lipinski definition) is 6. The molecule has 0 unspecified atom stereocenters. The van der Waals surface area contributed by atoms with Gasteiger partial charge in [0.25, 0.3) is 5.91 Å². The van der Waals surface area contributed by atoms with Gasteiger partial charge in [-0.15, -0.1) is 0 Å². The maximum Gasteiger partial charge on any atom is 0.331 e. The molecular formula is C13H16N2O5. The Labute approximate surface area is 116 Å². The zero-order valence-corrected chi connectivity index (χ0v) is 11.1. The predicted molar refractivity (Wildman–Crippen MR) is 69.9 cm³/mol. The van der Waals surface area contributed by atoms with Gasteiger partial charge in [0.2, 0.25) is 0 Å². The molecule has 1 aliphatic rings. The Bertz CT molecular complexity index is 479. The first-order valence-electron chi connectivity index (χ1n) is 6.00. The standard InChI is InChI=1S/C13H16N2O5/c1-3-19-11(16)4-5-12(17)20-7-6-10-8-14-9(2)15-13(10)18/h4-5,8,14H,2-3,6-7H2,1H3,(H,15,18)/b5-4+. The van der Waals surface area contributed by atoms with Crippen molar-refractivity contribution in [2.75, 3.05) is 13.2 Å². The van der Waals surface area contributed by atoms with Gasteiger partial charge in [-0.25, -0.2) is 9.59 Å². The summed E-state index contributed by atoms with van der Waals surface area (Å²) in [6, 6.07) is 0. The van der Waals surface area contributed by atoms with Crippen molar-refractivity contribution in [3.8, 4) is 0 Å². The lowest BCUT2D eigenvalue weighted by Gasteiger charge is -2.16. The van der Waals surface area contributed by atoms with Crippen molar-refractivity contribution >= 4 is 17.8 Å². The summed E-state index contributed by atoms with van der Waals surface area (Å²) in [7, 11) is 0. The van der Waals surface area contributed by atoms with Gasteiger partial charge < -0.3 is 20.1 Å². The maximum absolute atomic E-state index is 11.5. The number of hydrogen-bond donors (Lipinski definition) is 2. The summed E-state index contributed by atoms with van der Waals surface area (Å²) < 4.78 is 9.45. The highest BCUT2D eigenvalue weighted by Gasteiger charge is 2.14. The van der Waals surface area contributed by atoms with E-state index in [0.29, 0.717) is 11.4 Å². The van der Waals surface area contributed by atoms with E-state index in [4.69, 9.17) is 4.74 Å². The zero-order valence-electron chi connectivity index (χ0n) is 11.1. The minimum absolute atomic E-state index is 0.0272. The number of ether oxygens (including phenoxy) is 2. The average Bonchev–Trinajstić information content (AvgIpc) is 2.39. The molecule has 1 aliphatic heterocycles. The Morgan fingerprint density at radius 1 is 1.30 bits per heavy atom. The van der Waals surface area contributed by atoms with Gasteiger partial charge in [0, 0.05) is 30.3 Å². The quantitative estimate of drug-likeness (QED) is 0.530. The Balaban J connectivity index is 2.30. The van der Waals surface area contributed by atoms with E-state index in [0.717, 1.165) is 12.2 Å². The zero-order chi connectivity index (χ0) is 15.0. The molecule has 0 spiro atoms. The van der Waals surface area contributed by atoms with Crippen LogP contribution in [0.15, 0.2) is 36.3 Å². The van der Waals surface area contributed by atoms with E-state index in [1.165, 1.54) is 6.20 Å². The number of carbonyl (C=O) groups excluding carboxylic acids is 3. The van der Waals surface area contributed by atoms with Crippen LogP contribution < -0.4 is 10.6 Å². The molecule has 1 amide bonds. The molecule has 0 saturated heterocycles. The summed E-state index contributed by atoms with van der Waals surface area (Å²) in [5, 5.41) is 5.24. The molecule has 1 rings (SSSR count). The average molecular weight is 280 g/mol. The fourth-order valence-corrected chi connectivity index (χ4v) is 1.32. The molecule has 0 saturated carbocycles. The van der Waals surface area contributed by atoms with E-state index >= 15 is 0 Å². The van der Waals surface area contributed by atoms with Crippen LogP contribution in [0.4, 0.5) is 0 Å². The minimum atomic E-state index is -0.674. The molecule has 0 bridgehead atoms.